The average Bonchev–Trinajstić information content (AvgIpc) is 2.91. The lowest BCUT2D eigenvalue weighted by Gasteiger charge is -2.40. The van der Waals surface area contributed by atoms with Crippen molar-refractivity contribution in [2.75, 3.05) is 44.2 Å². The number of carbonyl (C=O) groups is 1. The van der Waals surface area contributed by atoms with E-state index < -0.39 is 0 Å². The summed E-state index contributed by atoms with van der Waals surface area (Å²) in [5.74, 6) is -0.336. The third-order valence-corrected chi connectivity index (χ3v) is 7.00. The Bertz CT molecular complexity index is 1330. The van der Waals surface area contributed by atoms with Gasteiger partial charge in [0.2, 0.25) is 0 Å². The Morgan fingerprint density at radius 2 is 1.54 bits per heavy atom. The number of anilines is 1. The van der Waals surface area contributed by atoms with Crippen molar-refractivity contribution in [1.82, 2.24) is 14.4 Å². The van der Waals surface area contributed by atoms with E-state index in [4.69, 9.17) is 0 Å². The summed E-state index contributed by atoms with van der Waals surface area (Å²) >= 11 is 0. The smallest absolute Gasteiger partial charge is 0.320 e. The van der Waals surface area contributed by atoms with Gasteiger partial charge in [0, 0.05) is 44.7 Å². The molecule has 0 bridgehead atoms. The molecule has 7 nitrogen and oxygen atoms in total. The number of hydrogen-bond acceptors (Lipinski definition) is 4. The molecule has 0 spiro atoms. The highest BCUT2D eigenvalue weighted by atomic mass is 19.1. The molecule has 0 aliphatic carbocycles. The zero-order chi connectivity index (χ0) is 24.4. The monoisotopic (exact) mass is 473 g/mol. The Morgan fingerprint density at radius 3 is 2.23 bits per heavy atom. The Balaban J connectivity index is 1.46. The Labute approximate surface area is 203 Å². The lowest BCUT2D eigenvalue weighted by atomic mass is 10.1. The van der Waals surface area contributed by atoms with Crippen molar-refractivity contribution in [3.05, 3.63) is 75.8 Å². The highest BCUT2D eigenvalue weighted by molar-refractivity contribution is 5.95. The second-order valence-electron chi connectivity index (χ2n) is 9.17. The van der Waals surface area contributed by atoms with Gasteiger partial charge in [0.25, 0.3) is 5.56 Å². The Morgan fingerprint density at radius 1 is 0.886 bits per heavy atom. The molecule has 3 heterocycles. The molecule has 0 unspecified atom stereocenters. The largest absolute Gasteiger partial charge is 0.366 e. The molecule has 3 aromatic rings. The number of aromatic nitrogens is 1. The number of carbonyl (C=O) groups excluding carboxylic acids is 1. The predicted molar refractivity (Wildman–Crippen MR) is 133 cm³/mol. The maximum Gasteiger partial charge on any atom is 0.320 e. The number of piperazine rings is 1. The molecule has 2 aliphatic heterocycles. The van der Waals surface area contributed by atoms with Crippen LogP contribution >= 0.6 is 0 Å². The third-order valence-electron chi connectivity index (χ3n) is 7.00. The van der Waals surface area contributed by atoms with E-state index in [0.717, 1.165) is 42.4 Å². The fraction of sp³-hybridized carbons (Fsp3) is 0.370. The SMILES string of the molecule is N#Cc1c(N2CCN(C(=O)N3CCCCC3)CC2)c2ccccc2n(Cc2ccc(F)cc2)c1=O. The standard InChI is InChI=1S/C27H28FN5O2/c28-21-10-8-20(9-11-21)19-33-24-7-3-2-6-22(24)25(23(18-29)26(33)34)30-14-16-32(17-15-30)27(35)31-12-4-1-5-13-31/h2-3,6-11H,1,4-5,12-17,19H2. The molecular weight excluding hydrogens is 445 g/mol. The molecule has 0 saturated carbocycles. The van der Waals surface area contributed by atoms with Gasteiger partial charge in [-0.15, -0.1) is 0 Å². The van der Waals surface area contributed by atoms with Gasteiger partial charge < -0.3 is 19.3 Å². The first-order chi connectivity index (χ1) is 17.1. The number of urea groups is 1. The minimum absolute atomic E-state index is 0.0874. The maximum absolute atomic E-state index is 13.5. The van der Waals surface area contributed by atoms with E-state index >= 15 is 0 Å². The van der Waals surface area contributed by atoms with Gasteiger partial charge in [-0.2, -0.15) is 5.26 Å². The molecule has 2 aromatic carbocycles. The van der Waals surface area contributed by atoms with Crippen molar-refractivity contribution in [2.24, 2.45) is 0 Å². The number of pyridine rings is 1. The van der Waals surface area contributed by atoms with Crippen molar-refractivity contribution >= 4 is 22.6 Å². The zero-order valence-corrected chi connectivity index (χ0v) is 19.6. The van der Waals surface area contributed by atoms with Crippen LogP contribution < -0.4 is 10.5 Å². The highest BCUT2D eigenvalue weighted by Crippen LogP contribution is 2.30. The van der Waals surface area contributed by atoms with E-state index in [2.05, 4.69) is 11.0 Å². The lowest BCUT2D eigenvalue weighted by molar-refractivity contribution is 0.141. The van der Waals surface area contributed by atoms with Gasteiger partial charge in [-0.3, -0.25) is 4.79 Å². The van der Waals surface area contributed by atoms with Gasteiger partial charge in [0.05, 0.1) is 17.7 Å². The predicted octanol–water partition coefficient (Wildman–Crippen LogP) is 3.79. The highest BCUT2D eigenvalue weighted by Gasteiger charge is 2.29. The van der Waals surface area contributed by atoms with Crippen molar-refractivity contribution < 1.29 is 9.18 Å². The molecule has 0 radical (unpaired) electrons. The summed E-state index contributed by atoms with van der Waals surface area (Å²) in [6, 6.07) is 15.8. The van der Waals surface area contributed by atoms with Crippen LogP contribution in [0.15, 0.2) is 53.3 Å². The minimum Gasteiger partial charge on any atom is -0.366 e. The van der Waals surface area contributed by atoms with E-state index in [1.54, 1.807) is 16.7 Å². The maximum atomic E-state index is 13.5. The number of nitriles is 1. The summed E-state index contributed by atoms with van der Waals surface area (Å²) in [6.07, 6.45) is 3.28. The van der Waals surface area contributed by atoms with Crippen LogP contribution in [-0.2, 0) is 6.54 Å². The summed E-state index contributed by atoms with van der Waals surface area (Å²) < 4.78 is 15.0. The molecule has 35 heavy (non-hydrogen) atoms. The summed E-state index contributed by atoms with van der Waals surface area (Å²) in [5.41, 5.74) is 1.87. The zero-order valence-electron chi connectivity index (χ0n) is 19.6. The lowest BCUT2D eigenvalue weighted by Crippen LogP contribution is -2.54. The number of amides is 2. The normalized spacial score (nSPS) is 16.4. The molecule has 1 aromatic heterocycles. The van der Waals surface area contributed by atoms with Crippen molar-refractivity contribution in [1.29, 1.82) is 5.26 Å². The number of piperidine rings is 1. The Hall–Kier alpha value is -3.86. The average molecular weight is 474 g/mol. The number of rotatable bonds is 3. The second-order valence-corrected chi connectivity index (χ2v) is 9.17. The van der Waals surface area contributed by atoms with Gasteiger partial charge in [-0.05, 0) is 43.0 Å². The molecule has 5 rings (SSSR count). The van der Waals surface area contributed by atoms with Crippen LogP contribution in [0.3, 0.4) is 0 Å². The number of benzene rings is 2. The van der Waals surface area contributed by atoms with Crippen LogP contribution in [0.4, 0.5) is 14.9 Å². The van der Waals surface area contributed by atoms with Gasteiger partial charge in [0.1, 0.15) is 17.4 Å². The molecule has 0 atom stereocenters. The van der Waals surface area contributed by atoms with E-state index in [1.807, 2.05) is 34.1 Å². The molecule has 2 amide bonds. The topological polar surface area (TPSA) is 72.6 Å². The first-order valence-corrected chi connectivity index (χ1v) is 12.2. The number of hydrogen-bond donors (Lipinski definition) is 0. The van der Waals surface area contributed by atoms with Gasteiger partial charge in [-0.1, -0.05) is 30.3 Å². The first-order valence-electron chi connectivity index (χ1n) is 12.2. The van der Waals surface area contributed by atoms with Crippen molar-refractivity contribution in [3.8, 4) is 6.07 Å². The van der Waals surface area contributed by atoms with Crippen molar-refractivity contribution in [3.63, 3.8) is 0 Å². The minimum atomic E-state index is -0.364. The van der Waals surface area contributed by atoms with Crippen LogP contribution in [0.1, 0.15) is 30.4 Å². The molecule has 2 aliphatic rings. The van der Waals surface area contributed by atoms with E-state index in [9.17, 15) is 19.2 Å². The van der Waals surface area contributed by atoms with Gasteiger partial charge in [-0.25, -0.2) is 9.18 Å². The van der Waals surface area contributed by atoms with E-state index in [1.165, 1.54) is 18.6 Å². The van der Waals surface area contributed by atoms with Crippen LogP contribution in [0.5, 0.6) is 0 Å². The van der Waals surface area contributed by atoms with Gasteiger partial charge >= 0.3 is 6.03 Å². The first kappa shape index (κ1) is 22.9. The van der Waals surface area contributed by atoms with Crippen LogP contribution in [-0.4, -0.2) is 59.7 Å². The molecule has 2 fully saturated rings. The Kier molecular flexibility index (Phi) is 6.41. The van der Waals surface area contributed by atoms with E-state index in [0.29, 0.717) is 31.9 Å². The number of likely N-dealkylation sites (tertiary alicyclic amines) is 1. The van der Waals surface area contributed by atoms with Crippen molar-refractivity contribution in [2.45, 2.75) is 25.8 Å². The number of nitrogens with zero attached hydrogens (tertiary/aromatic N) is 5. The third kappa shape index (κ3) is 4.46. The number of fused-ring (bicyclic) bond motifs is 1. The van der Waals surface area contributed by atoms with Gasteiger partial charge in [0.15, 0.2) is 0 Å². The second kappa shape index (κ2) is 9.79. The summed E-state index contributed by atoms with van der Waals surface area (Å²) in [6.45, 7) is 4.08. The summed E-state index contributed by atoms with van der Waals surface area (Å²) in [7, 11) is 0. The van der Waals surface area contributed by atoms with E-state index in [-0.39, 0.29) is 29.5 Å². The van der Waals surface area contributed by atoms with Crippen LogP contribution in [0.2, 0.25) is 0 Å². The number of para-hydroxylation sites is 1. The fourth-order valence-corrected chi connectivity index (χ4v) is 5.15. The van der Waals surface area contributed by atoms with Crippen LogP contribution in [0, 0.1) is 17.1 Å². The van der Waals surface area contributed by atoms with Crippen LogP contribution in [0.25, 0.3) is 10.9 Å². The summed E-state index contributed by atoms with van der Waals surface area (Å²) in [4.78, 5) is 32.3. The quantitative estimate of drug-likeness (QED) is 0.580. The molecule has 2 saturated heterocycles. The molecular formula is C27H28FN5O2. The molecule has 8 heteroatoms. The summed E-state index contributed by atoms with van der Waals surface area (Å²) in [5, 5.41) is 10.8. The fourth-order valence-electron chi connectivity index (χ4n) is 5.15. The molecule has 0 N–H and O–H groups in total. The number of halogens is 1. The molecule has 180 valence electrons.